The van der Waals surface area contributed by atoms with Gasteiger partial charge in [0.05, 0.1) is 12.0 Å². The molecule has 144 valence electrons. The maximum Gasteiger partial charge on any atom is 0.225 e. The fraction of sp³-hybridized carbons (Fsp3) is 0.429. The van der Waals surface area contributed by atoms with Gasteiger partial charge in [-0.15, -0.1) is 11.3 Å². The highest BCUT2D eigenvalue weighted by Crippen LogP contribution is 2.24. The summed E-state index contributed by atoms with van der Waals surface area (Å²) in [5, 5.41) is 5.10. The summed E-state index contributed by atoms with van der Waals surface area (Å²) in [6, 6.07) is 12.4. The molecule has 1 aliphatic heterocycles. The molecule has 1 saturated heterocycles. The first-order chi connectivity index (χ1) is 12.9. The van der Waals surface area contributed by atoms with Crippen LogP contribution in [0.25, 0.3) is 0 Å². The van der Waals surface area contributed by atoms with Crippen LogP contribution in [0, 0.1) is 12.8 Å². The highest BCUT2D eigenvalue weighted by atomic mass is 32.1. The van der Waals surface area contributed by atoms with Gasteiger partial charge < -0.3 is 15.1 Å². The number of hydrogen-bond donors (Lipinski definition) is 1. The van der Waals surface area contributed by atoms with Crippen molar-refractivity contribution in [3.8, 4) is 0 Å². The van der Waals surface area contributed by atoms with Gasteiger partial charge in [0.25, 0.3) is 0 Å². The zero-order valence-corrected chi connectivity index (χ0v) is 17.0. The van der Waals surface area contributed by atoms with E-state index in [0.717, 1.165) is 5.56 Å². The molecule has 2 atom stereocenters. The van der Waals surface area contributed by atoms with Crippen molar-refractivity contribution < 1.29 is 9.59 Å². The molecule has 5 nitrogen and oxygen atoms in total. The summed E-state index contributed by atoms with van der Waals surface area (Å²) in [6.07, 6.45) is 0.295. The Kier molecular flexibility index (Phi) is 6.29. The number of hydrogen-bond acceptors (Lipinski definition) is 4. The summed E-state index contributed by atoms with van der Waals surface area (Å²) in [7, 11) is 4.03. The number of nitrogens with zero attached hydrogens (tertiary/aromatic N) is 2. The molecule has 1 aromatic heterocycles. The lowest BCUT2D eigenvalue weighted by molar-refractivity contribution is -0.129. The lowest BCUT2D eigenvalue weighted by Gasteiger charge is -2.24. The van der Waals surface area contributed by atoms with Gasteiger partial charge in [0.2, 0.25) is 11.8 Å². The van der Waals surface area contributed by atoms with Crippen molar-refractivity contribution >= 4 is 23.2 Å². The maximum absolute atomic E-state index is 12.6. The molecule has 0 spiro atoms. The summed E-state index contributed by atoms with van der Waals surface area (Å²) in [4.78, 5) is 30.1. The molecule has 27 heavy (non-hydrogen) atoms. The molecular formula is C21H27N3O2S. The van der Waals surface area contributed by atoms with Gasteiger partial charge in [-0.1, -0.05) is 35.9 Å². The van der Waals surface area contributed by atoms with Crippen LogP contribution in [-0.4, -0.2) is 48.8 Å². The van der Waals surface area contributed by atoms with Crippen LogP contribution < -0.4 is 5.32 Å². The van der Waals surface area contributed by atoms with E-state index in [9.17, 15) is 9.59 Å². The van der Waals surface area contributed by atoms with Crippen molar-refractivity contribution in [2.24, 2.45) is 5.92 Å². The number of likely N-dealkylation sites (tertiary alicyclic amines) is 1. The summed E-state index contributed by atoms with van der Waals surface area (Å²) >= 11 is 1.69. The topological polar surface area (TPSA) is 52.7 Å². The SMILES string of the molecule is Cc1ccc(CN2CC(C(=O)NCC(c3cccs3)N(C)C)CC2=O)cc1. The van der Waals surface area contributed by atoms with E-state index in [1.54, 1.807) is 16.2 Å². The van der Waals surface area contributed by atoms with Gasteiger partial charge >= 0.3 is 0 Å². The molecule has 0 saturated carbocycles. The number of carbonyl (C=O) groups is 2. The zero-order valence-electron chi connectivity index (χ0n) is 16.1. The summed E-state index contributed by atoms with van der Waals surface area (Å²) in [5.74, 6) is -0.245. The second-order valence-electron chi connectivity index (χ2n) is 7.40. The second kappa shape index (κ2) is 8.67. The number of rotatable bonds is 7. The van der Waals surface area contributed by atoms with E-state index in [4.69, 9.17) is 0 Å². The van der Waals surface area contributed by atoms with Crippen molar-refractivity contribution in [1.82, 2.24) is 15.1 Å². The number of benzene rings is 1. The van der Waals surface area contributed by atoms with E-state index in [0.29, 0.717) is 26.1 Å². The van der Waals surface area contributed by atoms with E-state index < -0.39 is 0 Å². The Balaban J connectivity index is 1.54. The van der Waals surface area contributed by atoms with Crippen LogP contribution in [0.1, 0.15) is 28.5 Å². The Labute approximate surface area is 165 Å². The monoisotopic (exact) mass is 385 g/mol. The van der Waals surface area contributed by atoms with E-state index in [-0.39, 0.29) is 23.8 Å². The van der Waals surface area contributed by atoms with Crippen LogP contribution in [-0.2, 0) is 16.1 Å². The molecule has 3 rings (SSSR count). The Hall–Kier alpha value is -2.18. The molecule has 0 radical (unpaired) electrons. The fourth-order valence-electron chi connectivity index (χ4n) is 3.37. The first kappa shape index (κ1) is 19.6. The number of likely N-dealkylation sites (N-methyl/N-ethyl adjacent to an activating group) is 1. The van der Waals surface area contributed by atoms with Crippen LogP contribution in [0.3, 0.4) is 0 Å². The Morgan fingerprint density at radius 2 is 2.04 bits per heavy atom. The Morgan fingerprint density at radius 3 is 2.67 bits per heavy atom. The Bertz CT molecular complexity index is 771. The molecule has 0 bridgehead atoms. The molecule has 6 heteroatoms. The van der Waals surface area contributed by atoms with Gasteiger partial charge in [-0.3, -0.25) is 9.59 Å². The quantitative estimate of drug-likeness (QED) is 0.797. The molecule has 1 N–H and O–H groups in total. The first-order valence-corrected chi connectivity index (χ1v) is 10.1. The third kappa shape index (κ3) is 4.96. The highest BCUT2D eigenvalue weighted by molar-refractivity contribution is 7.10. The summed E-state index contributed by atoms with van der Waals surface area (Å²) in [6.45, 7) is 3.65. The predicted molar refractivity (Wildman–Crippen MR) is 108 cm³/mol. The minimum atomic E-state index is -0.269. The lowest BCUT2D eigenvalue weighted by atomic mass is 10.1. The Morgan fingerprint density at radius 1 is 1.30 bits per heavy atom. The highest BCUT2D eigenvalue weighted by Gasteiger charge is 2.34. The minimum absolute atomic E-state index is 0.0295. The van der Waals surface area contributed by atoms with Crippen molar-refractivity contribution in [2.45, 2.75) is 25.9 Å². The number of nitrogens with one attached hydrogen (secondary N) is 1. The minimum Gasteiger partial charge on any atom is -0.354 e. The van der Waals surface area contributed by atoms with Crippen LogP contribution in [0.4, 0.5) is 0 Å². The normalized spacial score (nSPS) is 18.1. The van der Waals surface area contributed by atoms with Crippen LogP contribution >= 0.6 is 11.3 Å². The van der Waals surface area contributed by atoms with E-state index >= 15 is 0 Å². The van der Waals surface area contributed by atoms with Crippen molar-refractivity contribution in [1.29, 1.82) is 0 Å². The molecule has 0 aliphatic carbocycles. The third-order valence-electron chi connectivity index (χ3n) is 5.04. The van der Waals surface area contributed by atoms with Gasteiger partial charge in [-0.05, 0) is 38.0 Å². The van der Waals surface area contributed by atoms with E-state index in [1.807, 2.05) is 56.7 Å². The van der Waals surface area contributed by atoms with E-state index in [2.05, 4.69) is 16.3 Å². The molecule has 2 unspecified atom stereocenters. The van der Waals surface area contributed by atoms with Crippen molar-refractivity contribution in [3.05, 3.63) is 57.8 Å². The van der Waals surface area contributed by atoms with E-state index in [1.165, 1.54) is 10.4 Å². The maximum atomic E-state index is 12.6. The third-order valence-corrected chi connectivity index (χ3v) is 6.02. The zero-order chi connectivity index (χ0) is 19.4. The average molecular weight is 386 g/mol. The fourth-order valence-corrected chi connectivity index (χ4v) is 4.30. The van der Waals surface area contributed by atoms with Gasteiger partial charge in [0, 0.05) is 30.9 Å². The lowest BCUT2D eigenvalue weighted by Crippen LogP contribution is -2.38. The number of amides is 2. The number of carbonyl (C=O) groups excluding carboxylic acids is 2. The molecule has 1 aliphatic rings. The first-order valence-electron chi connectivity index (χ1n) is 9.25. The average Bonchev–Trinajstić information content (AvgIpc) is 3.27. The van der Waals surface area contributed by atoms with Crippen LogP contribution in [0.2, 0.25) is 0 Å². The van der Waals surface area contributed by atoms with Gasteiger partial charge in [-0.25, -0.2) is 0 Å². The number of aryl methyl sites for hydroxylation is 1. The molecule has 2 aromatic rings. The largest absolute Gasteiger partial charge is 0.354 e. The van der Waals surface area contributed by atoms with Crippen LogP contribution in [0.15, 0.2) is 41.8 Å². The van der Waals surface area contributed by atoms with Crippen molar-refractivity contribution in [3.63, 3.8) is 0 Å². The molecular weight excluding hydrogens is 358 g/mol. The smallest absolute Gasteiger partial charge is 0.225 e. The van der Waals surface area contributed by atoms with Gasteiger partial charge in [0.1, 0.15) is 0 Å². The molecule has 2 heterocycles. The van der Waals surface area contributed by atoms with Crippen LogP contribution in [0.5, 0.6) is 0 Å². The van der Waals surface area contributed by atoms with Gasteiger partial charge in [-0.2, -0.15) is 0 Å². The molecule has 2 amide bonds. The van der Waals surface area contributed by atoms with Gasteiger partial charge in [0.15, 0.2) is 0 Å². The summed E-state index contributed by atoms with van der Waals surface area (Å²) < 4.78 is 0. The standard InChI is InChI=1S/C21H27N3O2S/c1-15-6-8-16(9-7-15)13-24-14-17(11-20(24)25)21(26)22-12-18(23(2)3)19-5-4-10-27-19/h4-10,17-18H,11-14H2,1-3H3,(H,22,26). The molecule has 1 fully saturated rings. The second-order valence-corrected chi connectivity index (χ2v) is 8.38. The molecule has 1 aromatic carbocycles. The number of thiophene rings is 1. The predicted octanol–water partition coefficient (Wildman–Crippen LogP) is 2.82. The van der Waals surface area contributed by atoms with Crippen molar-refractivity contribution in [2.75, 3.05) is 27.2 Å². The summed E-state index contributed by atoms with van der Waals surface area (Å²) in [5.41, 5.74) is 2.30.